The maximum absolute atomic E-state index is 12.7. The van der Waals surface area contributed by atoms with Gasteiger partial charge in [0.2, 0.25) is 0 Å². The Morgan fingerprint density at radius 3 is 2.16 bits per heavy atom. The minimum Gasteiger partial charge on any atom is -0.481 e. The van der Waals surface area contributed by atoms with Gasteiger partial charge >= 0.3 is 12.0 Å². The number of aliphatic carboxylic acids is 1. The first-order chi connectivity index (χ1) is 14.7. The van der Waals surface area contributed by atoms with E-state index in [0.29, 0.717) is 23.2 Å². The number of hydrogen-bond donors (Lipinski definition) is 3. The zero-order valence-corrected chi connectivity index (χ0v) is 18.9. The van der Waals surface area contributed by atoms with E-state index in [4.69, 9.17) is 5.11 Å². The van der Waals surface area contributed by atoms with Crippen molar-refractivity contribution >= 4 is 29.1 Å². The monoisotopic (exact) mass is 427 g/mol. The largest absolute Gasteiger partial charge is 0.481 e. The zero-order chi connectivity index (χ0) is 23.0. The number of benzene rings is 1. The lowest BCUT2D eigenvalue weighted by molar-refractivity contribution is -0.137. The third-order valence-corrected chi connectivity index (χ3v) is 4.65. The van der Waals surface area contributed by atoms with E-state index in [1.807, 2.05) is 25.1 Å². The molecule has 0 fully saturated rings. The molecule has 1 unspecified atom stereocenters. The van der Waals surface area contributed by atoms with E-state index in [0.717, 1.165) is 24.3 Å². The Hall–Kier alpha value is -3.16. The molecular weight excluding hydrogens is 394 g/mol. The summed E-state index contributed by atoms with van der Waals surface area (Å²) in [5, 5.41) is 14.8. The van der Waals surface area contributed by atoms with Crippen molar-refractivity contribution in [3.8, 4) is 0 Å². The van der Waals surface area contributed by atoms with Gasteiger partial charge in [-0.2, -0.15) is 0 Å². The molecule has 1 aromatic carbocycles. The lowest BCUT2D eigenvalue weighted by Gasteiger charge is -2.31. The van der Waals surface area contributed by atoms with Crippen LogP contribution in [0.2, 0.25) is 0 Å². The summed E-state index contributed by atoms with van der Waals surface area (Å²) in [6.45, 7) is 12.2. The second-order valence-electron chi connectivity index (χ2n) is 8.67. The van der Waals surface area contributed by atoms with E-state index >= 15 is 0 Å². The van der Waals surface area contributed by atoms with Crippen LogP contribution in [0.3, 0.4) is 0 Å². The van der Waals surface area contributed by atoms with Crippen LogP contribution < -0.4 is 15.5 Å². The smallest absolute Gasteiger partial charge is 0.323 e. The number of hydrogen-bond acceptors (Lipinski definition) is 5. The lowest BCUT2D eigenvalue weighted by Crippen LogP contribution is -2.32. The van der Waals surface area contributed by atoms with Crippen LogP contribution >= 0.6 is 0 Å². The van der Waals surface area contributed by atoms with Crippen molar-refractivity contribution < 1.29 is 14.7 Å². The molecule has 1 aromatic heterocycles. The molecule has 0 aliphatic heterocycles. The molecule has 0 bridgehead atoms. The summed E-state index contributed by atoms with van der Waals surface area (Å²) in [4.78, 5) is 33.9. The number of carboxylic acids is 1. The highest BCUT2D eigenvalue weighted by Gasteiger charge is 2.19. The van der Waals surface area contributed by atoms with E-state index < -0.39 is 12.0 Å². The summed E-state index contributed by atoms with van der Waals surface area (Å²) < 4.78 is 0. The van der Waals surface area contributed by atoms with Crippen molar-refractivity contribution in [3.63, 3.8) is 0 Å². The van der Waals surface area contributed by atoms with Crippen molar-refractivity contribution in [2.45, 2.75) is 47.0 Å². The van der Waals surface area contributed by atoms with Gasteiger partial charge in [0.15, 0.2) is 0 Å². The second-order valence-corrected chi connectivity index (χ2v) is 8.67. The highest BCUT2D eigenvalue weighted by Crippen LogP contribution is 2.32. The average Bonchev–Trinajstić information content (AvgIpc) is 2.67. The number of nitrogens with one attached hydrogen (secondary N) is 2. The van der Waals surface area contributed by atoms with Gasteiger partial charge in [0, 0.05) is 13.1 Å². The SMILES string of the molecule is CC(C)CN(CC(C)C)c1ccc(C(C)CC(=O)O)cc1NC(=O)Nc1cncnc1. The topological polar surface area (TPSA) is 107 Å². The predicted octanol–water partition coefficient (Wildman–Crippen LogP) is 4.82. The summed E-state index contributed by atoms with van der Waals surface area (Å²) in [5.74, 6) is -0.157. The molecule has 3 N–H and O–H groups in total. The standard InChI is InChI=1S/C23H33N5O3/c1-15(2)12-28(13-16(3)4)21-7-6-18(17(5)8-22(29)30)9-20(21)27-23(31)26-19-10-24-14-25-11-19/h6-7,9-11,14-17H,8,12-13H2,1-5H3,(H,29,30)(H2,26,27,31). The first kappa shape index (κ1) is 24.1. The van der Waals surface area contributed by atoms with Crippen LogP contribution in [0.5, 0.6) is 0 Å². The number of nitrogens with zero attached hydrogens (tertiary/aromatic N) is 3. The van der Waals surface area contributed by atoms with Crippen LogP contribution in [0.4, 0.5) is 21.9 Å². The van der Waals surface area contributed by atoms with Crippen LogP contribution in [-0.4, -0.2) is 40.2 Å². The van der Waals surface area contributed by atoms with Crippen molar-refractivity contribution in [1.29, 1.82) is 0 Å². The Morgan fingerprint density at radius 2 is 1.61 bits per heavy atom. The molecule has 1 atom stereocenters. The first-order valence-electron chi connectivity index (χ1n) is 10.6. The lowest BCUT2D eigenvalue weighted by atomic mass is 9.96. The highest BCUT2D eigenvalue weighted by molar-refractivity contribution is 6.01. The van der Waals surface area contributed by atoms with E-state index in [1.54, 1.807) is 0 Å². The summed E-state index contributed by atoms with van der Waals surface area (Å²) in [5.41, 5.74) is 2.90. The van der Waals surface area contributed by atoms with Crippen LogP contribution in [0.1, 0.15) is 52.5 Å². The molecule has 168 valence electrons. The fourth-order valence-corrected chi connectivity index (χ4v) is 3.42. The molecule has 8 nitrogen and oxygen atoms in total. The maximum Gasteiger partial charge on any atom is 0.323 e. The molecule has 8 heteroatoms. The number of carbonyl (C=O) groups is 2. The highest BCUT2D eigenvalue weighted by atomic mass is 16.4. The Bertz CT molecular complexity index is 861. The average molecular weight is 428 g/mol. The van der Waals surface area contributed by atoms with Gasteiger partial charge in [0.1, 0.15) is 6.33 Å². The molecule has 0 aliphatic rings. The van der Waals surface area contributed by atoms with Gasteiger partial charge in [-0.1, -0.05) is 40.7 Å². The quantitative estimate of drug-likeness (QED) is 0.502. The molecule has 31 heavy (non-hydrogen) atoms. The van der Waals surface area contributed by atoms with Crippen LogP contribution in [0.15, 0.2) is 36.9 Å². The number of amides is 2. The molecule has 0 spiro atoms. The zero-order valence-electron chi connectivity index (χ0n) is 18.9. The molecule has 2 amide bonds. The van der Waals surface area contributed by atoms with Gasteiger partial charge in [0.05, 0.1) is 35.9 Å². The number of anilines is 3. The number of carboxylic acid groups (broad SMARTS) is 1. The van der Waals surface area contributed by atoms with Gasteiger partial charge in [0.25, 0.3) is 0 Å². The Labute approximate surface area is 184 Å². The number of carbonyl (C=O) groups excluding carboxylic acids is 1. The third kappa shape index (κ3) is 7.88. The molecule has 0 aliphatic carbocycles. The number of aromatic nitrogens is 2. The fourth-order valence-electron chi connectivity index (χ4n) is 3.42. The predicted molar refractivity (Wildman–Crippen MR) is 124 cm³/mol. The molecule has 1 heterocycles. The van der Waals surface area contributed by atoms with Crippen molar-refractivity contribution in [2.75, 3.05) is 28.6 Å². The molecule has 0 saturated carbocycles. The van der Waals surface area contributed by atoms with Gasteiger partial charge in [-0.25, -0.2) is 14.8 Å². The fraction of sp³-hybridized carbons (Fsp3) is 0.478. The van der Waals surface area contributed by atoms with Gasteiger partial charge in [-0.05, 0) is 35.4 Å². The Balaban J connectivity index is 2.37. The molecule has 2 rings (SSSR count). The maximum atomic E-state index is 12.7. The molecule has 0 saturated heterocycles. The van der Waals surface area contributed by atoms with Gasteiger partial charge < -0.3 is 20.6 Å². The Kier molecular flexibility index (Phi) is 8.78. The third-order valence-electron chi connectivity index (χ3n) is 4.65. The van der Waals surface area contributed by atoms with E-state index in [1.165, 1.54) is 18.7 Å². The second kappa shape index (κ2) is 11.3. The molecular formula is C23H33N5O3. The van der Waals surface area contributed by atoms with Crippen LogP contribution in [-0.2, 0) is 4.79 Å². The van der Waals surface area contributed by atoms with Crippen LogP contribution in [0, 0.1) is 11.8 Å². The van der Waals surface area contributed by atoms with Crippen LogP contribution in [0.25, 0.3) is 0 Å². The number of rotatable bonds is 10. The molecule has 0 radical (unpaired) electrons. The summed E-state index contributed by atoms with van der Waals surface area (Å²) >= 11 is 0. The van der Waals surface area contributed by atoms with Crippen molar-refractivity contribution in [2.24, 2.45) is 11.8 Å². The minimum atomic E-state index is -0.853. The van der Waals surface area contributed by atoms with Crippen molar-refractivity contribution in [3.05, 3.63) is 42.5 Å². The molecule has 2 aromatic rings. The summed E-state index contributed by atoms with van der Waals surface area (Å²) in [6, 6.07) is 5.38. The van der Waals surface area contributed by atoms with E-state index in [-0.39, 0.29) is 12.3 Å². The summed E-state index contributed by atoms with van der Waals surface area (Å²) in [7, 11) is 0. The normalized spacial score (nSPS) is 12.0. The van der Waals surface area contributed by atoms with Gasteiger partial charge in [-0.3, -0.25) is 4.79 Å². The van der Waals surface area contributed by atoms with Crippen molar-refractivity contribution in [1.82, 2.24) is 9.97 Å². The first-order valence-corrected chi connectivity index (χ1v) is 10.6. The Morgan fingerprint density at radius 1 is 1.00 bits per heavy atom. The van der Waals surface area contributed by atoms with E-state index in [2.05, 4.69) is 53.2 Å². The summed E-state index contributed by atoms with van der Waals surface area (Å²) in [6.07, 6.45) is 4.45. The minimum absolute atomic E-state index is 0.0219. The van der Waals surface area contributed by atoms with E-state index in [9.17, 15) is 9.59 Å². The van der Waals surface area contributed by atoms with Gasteiger partial charge in [-0.15, -0.1) is 0 Å². The number of urea groups is 1.